The maximum absolute atomic E-state index is 12.3. The van der Waals surface area contributed by atoms with Crippen molar-refractivity contribution in [3.8, 4) is 0 Å². The van der Waals surface area contributed by atoms with Crippen LogP contribution < -0.4 is 4.90 Å². The predicted molar refractivity (Wildman–Crippen MR) is 86.0 cm³/mol. The highest BCUT2D eigenvalue weighted by atomic mass is 16.1. The number of anilines is 1. The van der Waals surface area contributed by atoms with Gasteiger partial charge in [-0.3, -0.25) is 9.78 Å². The first-order valence-corrected chi connectivity index (χ1v) is 8.15. The lowest BCUT2D eigenvalue weighted by Crippen LogP contribution is -2.31. The fourth-order valence-corrected chi connectivity index (χ4v) is 3.31. The predicted octanol–water partition coefficient (Wildman–Crippen LogP) is 3.82. The van der Waals surface area contributed by atoms with Crippen molar-refractivity contribution in [1.29, 1.82) is 0 Å². The number of ketones is 1. The van der Waals surface area contributed by atoms with Gasteiger partial charge in [0.1, 0.15) is 0 Å². The molecule has 1 aliphatic heterocycles. The molecule has 0 amide bonds. The molecular weight excluding hydrogens is 260 g/mol. The van der Waals surface area contributed by atoms with E-state index in [0.717, 1.165) is 24.3 Å². The Morgan fingerprint density at radius 2 is 2.14 bits per heavy atom. The lowest BCUT2D eigenvalue weighted by Gasteiger charge is -2.23. The van der Waals surface area contributed by atoms with Crippen LogP contribution >= 0.6 is 0 Å². The van der Waals surface area contributed by atoms with Crippen LogP contribution in [-0.4, -0.2) is 23.9 Å². The summed E-state index contributed by atoms with van der Waals surface area (Å²) in [6.45, 7) is 11.0. The number of fused-ring (bicyclic) bond motifs is 1. The van der Waals surface area contributed by atoms with Gasteiger partial charge in [0.25, 0.3) is 0 Å². The number of Topliss-reactive ketones (excluding diaryl/α,β-unsaturated/α-hetero) is 1. The van der Waals surface area contributed by atoms with E-state index in [1.807, 2.05) is 0 Å². The topological polar surface area (TPSA) is 33.2 Å². The molecule has 3 heteroatoms. The zero-order valence-corrected chi connectivity index (χ0v) is 13.6. The summed E-state index contributed by atoms with van der Waals surface area (Å²) in [6.07, 6.45) is 4.94. The van der Waals surface area contributed by atoms with Crippen molar-refractivity contribution < 1.29 is 4.79 Å². The van der Waals surface area contributed by atoms with E-state index >= 15 is 0 Å². The third kappa shape index (κ3) is 2.97. The van der Waals surface area contributed by atoms with Crippen molar-refractivity contribution in [3.05, 3.63) is 23.5 Å². The number of hydrogen-bond donors (Lipinski definition) is 0. The second-order valence-electron chi connectivity index (χ2n) is 7.82. The van der Waals surface area contributed by atoms with Gasteiger partial charge in [-0.15, -0.1) is 0 Å². The third-order valence-corrected chi connectivity index (χ3v) is 4.51. The van der Waals surface area contributed by atoms with Gasteiger partial charge in [0.2, 0.25) is 0 Å². The number of aromatic nitrogens is 1. The quantitative estimate of drug-likeness (QED) is 0.772. The Balaban J connectivity index is 1.89. The number of nitrogens with zero attached hydrogens (tertiary/aromatic N) is 2. The number of carbonyl (C=O) groups is 1. The van der Waals surface area contributed by atoms with Crippen molar-refractivity contribution >= 4 is 11.5 Å². The maximum atomic E-state index is 12.3. The molecule has 3 nitrogen and oxygen atoms in total. The van der Waals surface area contributed by atoms with E-state index in [4.69, 9.17) is 0 Å². The van der Waals surface area contributed by atoms with E-state index in [1.165, 1.54) is 18.5 Å². The van der Waals surface area contributed by atoms with Gasteiger partial charge in [0, 0.05) is 36.7 Å². The van der Waals surface area contributed by atoms with E-state index < -0.39 is 0 Å². The molecule has 0 radical (unpaired) electrons. The third-order valence-electron chi connectivity index (χ3n) is 4.51. The largest absolute Gasteiger partial charge is 0.369 e. The lowest BCUT2D eigenvalue weighted by atomic mass is 9.91. The Morgan fingerprint density at radius 3 is 2.76 bits per heavy atom. The standard InChI is InChI=1S/C18H26N2O/c1-12(2)10-20-11-18(3,4)17-15(20)8-14(9-19-17)16(21)7-13-5-6-13/h8-9,12-13H,5-7,10-11H2,1-4H3. The fraction of sp³-hybridized carbons (Fsp3) is 0.667. The highest BCUT2D eigenvalue weighted by Gasteiger charge is 2.37. The Bertz CT molecular complexity index is 558. The minimum atomic E-state index is 0.0717. The molecule has 21 heavy (non-hydrogen) atoms. The van der Waals surface area contributed by atoms with Crippen LogP contribution in [0.25, 0.3) is 0 Å². The molecule has 1 aliphatic carbocycles. The Labute approximate surface area is 127 Å². The molecule has 0 N–H and O–H groups in total. The molecule has 2 aliphatic rings. The number of carbonyl (C=O) groups excluding carboxylic acids is 1. The zero-order chi connectivity index (χ0) is 15.2. The van der Waals surface area contributed by atoms with Crippen LogP contribution in [0, 0.1) is 11.8 Å². The molecule has 114 valence electrons. The van der Waals surface area contributed by atoms with Gasteiger partial charge in [-0.05, 0) is 30.7 Å². The average Bonchev–Trinajstić information content (AvgIpc) is 3.16. The molecule has 0 aromatic carbocycles. The van der Waals surface area contributed by atoms with Crippen molar-refractivity contribution in [2.24, 2.45) is 11.8 Å². The normalized spacial score (nSPS) is 20.0. The van der Waals surface area contributed by atoms with E-state index in [2.05, 4.69) is 43.6 Å². The summed E-state index contributed by atoms with van der Waals surface area (Å²) in [5.41, 5.74) is 3.19. The van der Waals surface area contributed by atoms with E-state index in [0.29, 0.717) is 18.3 Å². The molecule has 1 aromatic heterocycles. The first kappa shape index (κ1) is 14.6. The molecular formula is C18H26N2O. The fourth-order valence-electron chi connectivity index (χ4n) is 3.31. The summed E-state index contributed by atoms with van der Waals surface area (Å²) in [6, 6.07) is 2.09. The molecule has 1 fully saturated rings. The zero-order valence-electron chi connectivity index (χ0n) is 13.6. The number of hydrogen-bond acceptors (Lipinski definition) is 3. The summed E-state index contributed by atoms with van der Waals surface area (Å²) in [5, 5.41) is 0. The summed E-state index contributed by atoms with van der Waals surface area (Å²) < 4.78 is 0. The molecule has 3 rings (SSSR count). The summed E-state index contributed by atoms with van der Waals surface area (Å²) in [7, 11) is 0. The van der Waals surface area contributed by atoms with E-state index in [1.54, 1.807) is 6.20 Å². The lowest BCUT2D eigenvalue weighted by molar-refractivity contribution is 0.0975. The van der Waals surface area contributed by atoms with Crippen molar-refractivity contribution in [3.63, 3.8) is 0 Å². The maximum Gasteiger partial charge on any atom is 0.164 e. The second-order valence-corrected chi connectivity index (χ2v) is 7.82. The molecule has 0 atom stereocenters. The van der Waals surface area contributed by atoms with Crippen LogP contribution in [-0.2, 0) is 5.41 Å². The average molecular weight is 286 g/mol. The first-order chi connectivity index (χ1) is 9.87. The van der Waals surface area contributed by atoms with Crippen molar-refractivity contribution in [1.82, 2.24) is 4.98 Å². The van der Waals surface area contributed by atoms with Crippen LogP contribution in [0.4, 0.5) is 5.69 Å². The van der Waals surface area contributed by atoms with Gasteiger partial charge in [0.05, 0.1) is 11.4 Å². The van der Waals surface area contributed by atoms with E-state index in [9.17, 15) is 4.79 Å². The molecule has 0 saturated heterocycles. The molecule has 1 saturated carbocycles. The van der Waals surface area contributed by atoms with Gasteiger partial charge in [-0.25, -0.2) is 0 Å². The summed E-state index contributed by atoms with van der Waals surface area (Å²) in [4.78, 5) is 19.4. The summed E-state index contributed by atoms with van der Waals surface area (Å²) >= 11 is 0. The molecule has 2 heterocycles. The minimum absolute atomic E-state index is 0.0717. The van der Waals surface area contributed by atoms with Gasteiger partial charge in [0.15, 0.2) is 5.78 Å². The SMILES string of the molecule is CC(C)CN1CC(C)(C)c2ncc(C(=O)CC3CC3)cc21. The van der Waals surface area contributed by atoms with Crippen LogP contribution in [0.5, 0.6) is 0 Å². The molecule has 0 unspecified atom stereocenters. The Morgan fingerprint density at radius 1 is 1.43 bits per heavy atom. The Kier molecular flexibility index (Phi) is 3.54. The monoisotopic (exact) mass is 286 g/mol. The highest BCUT2D eigenvalue weighted by molar-refractivity contribution is 5.97. The van der Waals surface area contributed by atoms with Crippen LogP contribution in [0.15, 0.2) is 12.3 Å². The molecule has 0 spiro atoms. The molecule has 0 bridgehead atoms. The van der Waals surface area contributed by atoms with Crippen molar-refractivity contribution in [2.45, 2.75) is 52.4 Å². The van der Waals surface area contributed by atoms with Gasteiger partial charge < -0.3 is 4.90 Å². The summed E-state index contributed by atoms with van der Waals surface area (Å²) in [5.74, 6) is 1.51. The van der Waals surface area contributed by atoms with Crippen LogP contribution in [0.1, 0.15) is 63.0 Å². The Hall–Kier alpha value is -1.38. The van der Waals surface area contributed by atoms with E-state index in [-0.39, 0.29) is 11.2 Å². The number of rotatable bonds is 5. The first-order valence-electron chi connectivity index (χ1n) is 8.15. The van der Waals surface area contributed by atoms with Gasteiger partial charge in [-0.1, -0.05) is 27.7 Å². The second kappa shape index (κ2) is 5.11. The number of pyridine rings is 1. The van der Waals surface area contributed by atoms with Crippen molar-refractivity contribution in [2.75, 3.05) is 18.0 Å². The minimum Gasteiger partial charge on any atom is -0.369 e. The van der Waals surface area contributed by atoms with Crippen LogP contribution in [0.3, 0.4) is 0 Å². The van der Waals surface area contributed by atoms with Gasteiger partial charge >= 0.3 is 0 Å². The smallest absolute Gasteiger partial charge is 0.164 e. The molecule has 1 aromatic rings. The van der Waals surface area contributed by atoms with Gasteiger partial charge in [-0.2, -0.15) is 0 Å². The highest BCUT2D eigenvalue weighted by Crippen LogP contribution is 2.40. The van der Waals surface area contributed by atoms with Crippen LogP contribution in [0.2, 0.25) is 0 Å².